The fraction of sp³-hybridized carbons (Fsp3) is 0.188. The first-order valence-electron chi connectivity index (χ1n) is 6.71. The monoisotopic (exact) mass is 302 g/mol. The summed E-state index contributed by atoms with van der Waals surface area (Å²) in [5.74, 6) is -0.726. The van der Waals surface area contributed by atoms with Crippen LogP contribution in [0.5, 0.6) is 0 Å². The molecule has 0 saturated carbocycles. The van der Waals surface area contributed by atoms with Gasteiger partial charge in [-0.1, -0.05) is 49.4 Å². The largest absolute Gasteiger partial charge is 0.378 e. The maximum atomic E-state index is 10.5. The van der Waals surface area contributed by atoms with Crippen LogP contribution in [0, 0.1) is 10.1 Å². The van der Waals surface area contributed by atoms with Gasteiger partial charge in [0.15, 0.2) is 6.10 Å². The first-order valence-corrected chi connectivity index (χ1v) is 6.71. The average molecular weight is 302 g/mol. The molecule has 0 bridgehead atoms. The van der Waals surface area contributed by atoms with Crippen molar-refractivity contribution in [2.75, 3.05) is 0 Å². The Kier molecular flexibility index (Phi) is 6.72. The highest BCUT2D eigenvalue weighted by Crippen LogP contribution is 2.11. The quantitative estimate of drug-likeness (QED) is 0.667. The van der Waals surface area contributed by atoms with E-state index in [-0.39, 0.29) is 10.6 Å². The van der Waals surface area contributed by atoms with E-state index in [0.29, 0.717) is 5.56 Å². The number of carbonyl (C=O) groups is 1. The Morgan fingerprint density at radius 2 is 1.73 bits per heavy atom. The Labute approximate surface area is 128 Å². The molecule has 1 atom stereocenters. The molecule has 2 aromatic rings. The van der Waals surface area contributed by atoms with E-state index in [1.807, 2.05) is 6.92 Å². The summed E-state index contributed by atoms with van der Waals surface area (Å²) in [7, 11) is 0. The average Bonchev–Trinajstić information content (AvgIpc) is 2.55. The number of aliphatic hydroxyl groups is 1. The molecule has 6 nitrogen and oxygen atoms in total. The molecule has 2 rings (SSSR count). The van der Waals surface area contributed by atoms with Gasteiger partial charge in [0.1, 0.15) is 0 Å². The number of amides is 1. The van der Waals surface area contributed by atoms with Crippen LogP contribution in [0.4, 0.5) is 5.69 Å². The molecule has 0 radical (unpaired) electrons. The number of rotatable bonds is 4. The summed E-state index contributed by atoms with van der Waals surface area (Å²) in [6.45, 7) is 2.02. The van der Waals surface area contributed by atoms with Gasteiger partial charge in [0.05, 0.1) is 4.92 Å². The lowest BCUT2D eigenvalue weighted by atomic mass is 10.1. The molecule has 22 heavy (non-hydrogen) atoms. The van der Waals surface area contributed by atoms with Crippen LogP contribution in [-0.4, -0.2) is 15.9 Å². The summed E-state index contributed by atoms with van der Waals surface area (Å²) < 4.78 is 0. The zero-order valence-electron chi connectivity index (χ0n) is 12.2. The highest BCUT2D eigenvalue weighted by molar-refractivity contribution is 5.79. The van der Waals surface area contributed by atoms with Crippen LogP contribution >= 0.6 is 0 Å². The minimum atomic E-state index is -1.18. The third-order valence-corrected chi connectivity index (χ3v) is 2.94. The smallest absolute Gasteiger partial charge is 0.269 e. The van der Waals surface area contributed by atoms with Crippen LogP contribution in [0.15, 0.2) is 54.6 Å². The standard InChI is InChI=1S/2C8H9NO2/c1-2-7-3-5-8(6-4-7)9(10)11;9-8(11)7(10)6-4-2-1-3-5-6/h3-6H,2H2,1H3;1-5,7,10H,(H2,9,11). The van der Waals surface area contributed by atoms with Crippen molar-refractivity contribution in [3.05, 3.63) is 75.8 Å². The molecule has 1 amide bonds. The maximum Gasteiger partial charge on any atom is 0.269 e. The van der Waals surface area contributed by atoms with Gasteiger partial charge in [0.2, 0.25) is 0 Å². The maximum absolute atomic E-state index is 10.5. The molecule has 116 valence electrons. The molecule has 3 N–H and O–H groups in total. The van der Waals surface area contributed by atoms with Gasteiger partial charge < -0.3 is 10.8 Å². The molecule has 6 heteroatoms. The van der Waals surface area contributed by atoms with Crippen molar-refractivity contribution in [1.82, 2.24) is 0 Å². The summed E-state index contributed by atoms with van der Waals surface area (Å²) in [6, 6.07) is 15.2. The van der Waals surface area contributed by atoms with E-state index in [1.165, 1.54) is 12.1 Å². The number of hydrogen-bond acceptors (Lipinski definition) is 4. The van der Waals surface area contributed by atoms with E-state index >= 15 is 0 Å². The Hall–Kier alpha value is -2.73. The van der Waals surface area contributed by atoms with Crippen molar-refractivity contribution in [1.29, 1.82) is 0 Å². The fourth-order valence-electron chi connectivity index (χ4n) is 1.65. The summed E-state index contributed by atoms with van der Waals surface area (Å²) in [5.41, 5.74) is 6.68. The highest BCUT2D eigenvalue weighted by atomic mass is 16.6. The van der Waals surface area contributed by atoms with E-state index in [1.54, 1.807) is 42.5 Å². The summed E-state index contributed by atoms with van der Waals surface area (Å²) in [4.78, 5) is 20.3. The highest BCUT2D eigenvalue weighted by Gasteiger charge is 2.11. The zero-order valence-corrected chi connectivity index (χ0v) is 12.2. The fourth-order valence-corrected chi connectivity index (χ4v) is 1.65. The predicted octanol–water partition coefficient (Wildman–Crippen LogP) is 2.36. The normalized spacial score (nSPS) is 11.0. The predicted molar refractivity (Wildman–Crippen MR) is 83.1 cm³/mol. The van der Waals surface area contributed by atoms with Gasteiger partial charge in [-0.15, -0.1) is 0 Å². The third-order valence-electron chi connectivity index (χ3n) is 2.94. The molecule has 0 fully saturated rings. The number of hydrogen-bond donors (Lipinski definition) is 2. The van der Waals surface area contributed by atoms with Gasteiger partial charge in [0.25, 0.3) is 11.6 Å². The Morgan fingerprint density at radius 3 is 2.14 bits per heavy atom. The van der Waals surface area contributed by atoms with E-state index in [9.17, 15) is 14.9 Å². The Balaban J connectivity index is 0.000000220. The lowest BCUT2D eigenvalue weighted by Crippen LogP contribution is -2.20. The number of primary amides is 1. The Bertz CT molecular complexity index is 612. The number of non-ortho nitro benzene ring substituents is 1. The zero-order chi connectivity index (χ0) is 16.5. The van der Waals surface area contributed by atoms with Gasteiger partial charge in [-0.3, -0.25) is 14.9 Å². The van der Waals surface area contributed by atoms with Crippen molar-refractivity contribution in [2.24, 2.45) is 5.73 Å². The van der Waals surface area contributed by atoms with Gasteiger partial charge >= 0.3 is 0 Å². The van der Waals surface area contributed by atoms with Gasteiger partial charge in [-0.25, -0.2) is 0 Å². The number of nitro groups is 1. The van der Waals surface area contributed by atoms with Crippen LogP contribution < -0.4 is 5.73 Å². The second kappa shape index (κ2) is 8.53. The van der Waals surface area contributed by atoms with E-state index in [2.05, 4.69) is 0 Å². The van der Waals surface area contributed by atoms with Crippen molar-refractivity contribution in [3.63, 3.8) is 0 Å². The summed E-state index contributed by atoms with van der Waals surface area (Å²) in [5, 5.41) is 19.3. The molecule has 0 aliphatic rings. The van der Waals surface area contributed by atoms with Crippen molar-refractivity contribution in [2.45, 2.75) is 19.4 Å². The lowest BCUT2D eigenvalue weighted by molar-refractivity contribution is -0.384. The molecular formula is C16H18N2O4. The van der Waals surface area contributed by atoms with E-state index < -0.39 is 12.0 Å². The molecule has 0 aromatic heterocycles. The summed E-state index contributed by atoms with van der Waals surface area (Å²) >= 11 is 0. The van der Waals surface area contributed by atoms with Crippen LogP contribution in [0.1, 0.15) is 24.2 Å². The number of aryl methyl sites for hydroxylation is 1. The van der Waals surface area contributed by atoms with Crippen molar-refractivity contribution in [3.8, 4) is 0 Å². The first-order chi connectivity index (χ1) is 10.5. The number of carbonyl (C=O) groups excluding carboxylic acids is 1. The third kappa shape index (κ3) is 5.34. The van der Waals surface area contributed by atoms with Crippen LogP contribution in [0.3, 0.4) is 0 Å². The number of aliphatic hydroxyl groups excluding tert-OH is 1. The van der Waals surface area contributed by atoms with Gasteiger partial charge in [0, 0.05) is 12.1 Å². The molecule has 0 aliphatic carbocycles. The van der Waals surface area contributed by atoms with E-state index in [0.717, 1.165) is 12.0 Å². The summed E-state index contributed by atoms with van der Waals surface area (Å²) in [6.07, 6.45) is -0.269. The molecular weight excluding hydrogens is 284 g/mol. The molecule has 0 spiro atoms. The van der Waals surface area contributed by atoms with Gasteiger partial charge in [-0.05, 0) is 17.5 Å². The van der Waals surface area contributed by atoms with E-state index in [4.69, 9.17) is 10.8 Å². The minimum absolute atomic E-state index is 0.155. The lowest BCUT2D eigenvalue weighted by Gasteiger charge is -2.04. The molecule has 0 heterocycles. The SMILES string of the molecule is CCc1ccc([N+](=O)[O-])cc1.NC(=O)C(O)c1ccccc1. The molecule has 0 saturated heterocycles. The number of benzene rings is 2. The number of nitro benzene ring substituents is 1. The first kappa shape index (κ1) is 17.3. The van der Waals surface area contributed by atoms with Crippen molar-refractivity contribution >= 4 is 11.6 Å². The molecule has 1 unspecified atom stereocenters. The minimum Gasteiger partial charge on any atom is -0.378 e. The Morgan fingerprint density at radius 1 is 1.18 bits per heavy atom. The van der Waals surface area contributed by atoms with Crippen LogP contribution in [0.25, 0.3) is 0 Å². The van der Waals surface area contributed by atoms with Crippen molar-refractivity contribution < 1.29 is 14.8 Å². The molecule has 2 aromatic carbocycles. The second-order valence-electron chi connectivity index (χ2n) is 4.49. The number of nitrogens with two attached hydrogens (primary N) is 1. The topological polar surface area (TPSA) is 106 Å². The van der Waals surface area contributed by atoms with Crippen LogP contribution in [0.2, 0.25) is 0 Å². The second-order valence-corrected chi connectivity index (χ2v) is 4.49. The number of nitrogens with zero attached hydrogens (tertiary/aromatic N) is 1. The van der Waals surface area contributed by atoms with Gasteiger partial charge in [-0.2, -0.15) is 0 Å². The van der Waals surface area contributed by atoms with Crippen LogP contribution in [-0.2, 0) is 11.2 Å². The molecule has 0 aliphatic heterocycles.